The molecule has 0 aliphatic heterocycles. The predicted molar refractivity (Wildman–Crippen MR) is 28.2 cm³/mol. The molecule has 0 unspecified atom stereocenters. The summed E-state index contributed by atoms with van der Waals surface area (Å²) in [6.07, 6.45) is -0.731. The first kappa shape index (κ1) is 7.72. The van der Waals surface area contributed by atoms with E-state index in [0.717, 1.165) is 0 Å². The molecular weight excluding hydrogens is 131 g/mol. The first-order chi connectivity index (χ1) is 3.66. The Bertz CT molecular complexity index is 81.4. The van der Waals surface area contributed by atoms with Crippen molar-refractivity contribution in [2.75, 3.05) is 0 Å². The van der Waals surface area contributed by atoms with Gasteiger partial charge in [0.25, 0.3) is 0 Å². The summed E-state index contributed by atoms with van der Waals surface area (Å²) in [5.74, 6) is -0.610. The predicted octanol–water partition coefficient (Wildman–Crippen LogP) is 0.454. The number of rotatable bonds is 2. The second kappa shape index (κ2) is 3.69. The summed E-state index contributed by atoms with van der Waals surface area (Å²) >= 11 is 4.64. The quantitative estimate of drug-likeness (QED) is 0.603. The van der Waals surface area contributed by atoms with Crippen molar-refractivity contribution in [3.63, 3.8) is 0 Å². The van der Waals surface area contributed by atoms with Crippen LogP contribution in [0, 0.1) is 0 Å². The van der Waals surface area contributed by atoms with Gasteiger partial charge in [-0.25, -0.2) is 0 Å². The highest BCUT2D eigenvalue weighted by molar-refractivity contribution is 6.13. The van der Waals surface area contributed by atoms with Gasteiger partial charge in [0.1, 0.15) is 11.9 Å². The van der Waals surface area contributed by atoms with Gasteiger partial charge in [0.15, 0.2) is 0 Å². The van der Waals surface area contributed by atoms with E-state index < -0.39 is 12.1 Å². The van der Waals surface area contributed by atoms with Crippen LogP contribution in [0.2, 0.25) is 0 Å². The molecule has 0 aromatic heterocycles. The largest absolute Gasteiger partial charge is 0.393 e. The first-order valence-corrected chi connectivity index (χ1v) is 2.47. The Morgan fingerprint density at radius 2 is 2.50 bits per heavy atom. The van der Waals surface area contributed by atoms with Crippen molar-refractivity contribution in [1.82, 2.24) is 0 Å². The Balaban J connectivity index is 3.25. The maximum absolute atomic E-state index is 10.1. The molecule has 0 heterocycles. The Morgan fingerprint density at radius 3 is 2.62 bits per heavy atom. The van der Waals surface area contributed by atoms with E-state index >= 15 is 0 Å². The zero-order valence-corrected chi connectivity index (χ0v) is 5.18. The fourth-order valence-corrected chi connectivity index (χ4v) is 0.336. The zero-order valence-electron chi connectivity index (χ0n) is 4.43. The van der Waals surface area contributed by atoms with Crippen molar-refractivity contribution >= 4 is 17.8 Å². The molecule has 0 saturated heterocycles. The minimum atomic E-state index is -0.679. The molecular formula is C4H7ClO3. The second-order valence-electron chi connectivity index (χ2n) is 1.50. The molecule has 1 atom stereocenters. The number of hydrogen-bond donors (Lipinski definition) is 1. The van der Waals surface area contributed by atoms with Crippen LogP contribution in [-0.2, 0) is 9.08 Å². The highest BCUT2D eigenvalue weighted by atomic mass is 35.5. The third kappa shape index (κ3) is 3.89. The molecule has 0 fully saturated rings. The molecule has 0 bridgehead atoms. The van der Waals surface area contributed by atoms with E-state index in [0.29, 0.717) is 0 Å². The smallest absolute Gasteiger partial charge is 0.327 e. The van der Waals surface area contributed by atoms with E-state index in [9.17, 15) is 4.79 Å². The molecule has 0 aromatic carbocycles. The number of carbonyl (C=O) groups is 1. The molecule has 48 valence electrons. The van der Waals surface area contributed by atoms with Crippen LogP contribution in [-0.4, -0.2) is 17.2 Å². The maximum atomic E-state index is 10.1. The minimum absolute atomic E-state index is 0.0521. The summed E-state index contributed by atoms with van der Waals surface area (Å²) in [7, 11) is 0. The fraction of sp³-hybridized carbons (Fsp3) is 0.750. The van der Waals surface area contributed by atoms with Gasteiger partial charge in [-0.1, -0.05) is 0 Å². The number of aliphatic hydroxyl groups excluding tert-OH is 1. The zero-order chi connectivity index (χ0) is 6.57. The monoisotopic (exact) mass is 138 g/mol. The van der Waals surface area contributed by atoms with Crippen LogP contribution in [0.4, 0.5) is 0 Å². The normalized spacial score (nSPS) is 12.9. The van der Waals surface area contributed by atoms with Crippen molar-refractivity contribution in [3.05, 3.63) is 0 Å². The summed E-state index contributed by atoms with van der Waals surface area (Å²) in [6, 6.07) is 0. The lowest BCUT2D eigenvalue weighted by Gasteiger charge is -1.96. The van der Waals surface area contributed by atoms with Crippen LogP contribution in [0.1, 0.15) is 13.3 Å². The molecule has 0 amide bonds. The van der Waals surface area contributed by atoms with Gasteiger partial charge in [-0.15, -0.1) is 0 Å². The number of halogens is 1. The highest BCUT2D eigenvalue weighted by Gasteiger charge is 2.04. The molecule has 0 rings (SSSR count). The van der Waals surface area contributed by atoms with Gasteiger partial charge in [0, 0.05) is 0 Å². The maximum Gasteiger partial charge on any atom is 0.327 e. The molecule has 8 heavy (non-hydrogen) atoms. The third-order valence-electron chi connectivity index (χ3n) is 0.548. The summed E-state index contributed by atoms with van der Waals surface area (Å²) in [4.78, 5) is 10.1. The van der Waals surface area contributed by atoms with Crippen molar-refractivity contribution in [2.24, 2.45) is 0 Å². The Hall–Kier alpha value is -0.280. The lowest BCUT2D eigenvalue weighted by atomic mass is 10.3. The molecule has 0 aliphatic carbocycles. The van der Waals surface area contributed by atoms with Crippen molar-refractivity contribution < 1.29 is 14.2 Å². The van der Waals surface area contributed by atoms with Gasteiger partial charge in [-0.3, -0.25) is 4.79 Å². The van der Waals surface area contributed by atoms with Gasteiger partial charge < -0.3 is 9.40 Å². The van der Waals surface area contributed by atoms with E-state index in [4.69, 9.17) is 5.11 Å². The van der Waals surface area contributed by atoms with Crippen molar-refractivity contribution in [3.8, 4) is 0 Å². The highest BCUT2D eigenvalue weighted by Crippen LogP contribution is 1.93. The SMILES string of the molecule is C[C@H](O)CC(=O)OCl. The van der Waals surface area contributed by atoms with E-state index in [2.05, 4.69) is 16.2 Å². The van der Waals surface area contributed by atoms with Gasteiger partial charge >= 0.3 is 5.97 Å². The van der Waals surface area contributed by atoms with Crippen LogP contribution < -0.4 is 0 Å². The lowest BCUT2D eigenvalue weighted by molar-refractivity contribution is -0.135. The summed E-state index contributed by atoms with van der Waals surface area (Å²) < 4.78 is 3.73. The molecule has 3 nitrogen and oxygen atoms in total. The van der Waals surface area contributed by atoms with Crippen LogP contribution in [0.15, 0.2) is 0 Å². The third-order valence-corrected chi connectivity index (χ3v) is 0.720. The van der Waals surface area contributed by atoms with E-state index in [-0.39, 0.29) is 6.42 Å². The minimum Gasteiger partial charge on any atom is -0.393 e. The van der Waals surface area contributed by atoms with Crippen molar-refractivity contribution in [2.45, 2.75) is 19.4 Å². The Morgan fingerprint density at radius 1 is 2.00 bits per heavy atom. The molecule has 0 aromatic rings. The van der Waals surface area contributed by atoms with Crippen molar-refractivity contribution in [1.29, 1.82) is 0 Å². The molecule has 1 N–H and O–H groups in total. The molecule has 0 saturated carbocycles. The average Bonchev–Trinajstić information content (AvgIpc) is 1.65. The molecule has 4 heteroatoms. The fourth-order valence-electron chi connectivity index (χ4n) is 0.273. The van der Waals surface area contributed by atoms with Crippen LogP contribution in [0.25, 0.3) is 0 Å². The summed E-state index contributed by atoms with van der Waals surface area (Å²) in [6.45, 7) is 1.48. The number of carbonyl (C=O) groups excluding carboxylic acids is 1. The Labute approximate surface area is 52.4 Å². The molecule has 0 radical (unpaired) electrons. The van der Waals surface area contributed by atoms with E-state index in [1.54, 1.807) is 0 Å². The van der Waals surface area contributed by atoms with Crippen LogP contribution in [0.3, 0.4) is 0 Å². The number of aliphatic hydroxyl groups is 1. The van der Waals surface area contributed by atoms with Crippen LogP contribution >= 0.6 is 11.9 Å². The van der Waals surface area contributed by atoms with Gasteiger partial charge in [-0.05, 0) is 6.92 Å². The summed E-state index contributed by atoms with van der Waals surface area (Å²) in [5, 5.41) is 8.49. The summed E-state index contributed by atoms with van der Waals surface area (Å²) in [5.41, 5.74) is 0. The van der Waals surface area contributed by atoms with Gasteiger partial charge in [-0.2, -0.15) is 0 Å². The second-order valence-corrected chi connectivity index (χ2v) is 1.66. The standard InChI is InChI=1S/C4H7ClO3/c1-3(6)2-4(7)8-5/h3,6H,2H2,1H3/t3-/m0/s1. The van der Waals surface area contributed by atoms with Gasteiger partial charge in [0.2, 0.25) is 0 Å². The molecule has 0 aliphatic rings. The Kier molecular flexibility index (Phi) is 3.56. The first-order valence-electron chi connectivity index (χ1n) is 2.16. The van der Waals surface area contributed by atoms with E-state index in [1.807, 2.05) is 0 Å². The van der Waals surface area contributed by atoms with Gasteiger partial charge in [0.05, 0.1) is 12.5 Å². The topological polar surface area (TPSA) is 46.5 Å². The van der Waals surface area contributed by atoms with Crippen LogP contribution in [0.5, 0.6) is 0 Å². The molecule has 0 spiro atoms. The lowest BCUT2D eigenvalue weighted by Crippen LogP contribution is -2.08. The number of hydrogen-bond acceptors (Lipinski definition) is 3. The average molecular weight is 139 g/mol. The van der Waals surface area contributed by atoms with E-state index in [1.165, 1.54) is 6.92 Å².